The highest BCUT2D eigenvalue weighted by Gasteiger charge is 2.39. The van der Waals surface area contributed by atoms with E-state index in [4.69, 9.17) is 5.73 Å². The Morgan fingerprint density at radius 2 is 2.19 bits per heavy atom. The van der Waals surface area contributed by atoms with Crippen LogP contribution in [0.15, 0.2) is 0 Å². The van der Waals surface area contributed by atoms with Crippen molar-refractivity contribution < 1.29 is 9.59 Å². The first kappa shape index (κ1) is 15.5. The summed E-state index contributed by atoms with van der Waals surface area (Å²) in [6.45, 7) is 5.34. The van der Waals surface area contributed by atoms with E-state index in [2.05, 4.69) is 20.2 Å². The molecule has 0 aromatic carbocycles. The van der Waals surface area contributed by atoms with Crippen LogP contribution in [0.25, 0.3) is 0 Å². The van der Waals surface area contributed by atoms with Crippen LogP contribution in [0.3, 0.4) is 0 Å². The van der Waals surface area contributed by atoms with E-state index in [1.165, 1.54) is 0 Å². The average molecular weight is 293 g/mol. The van der Waals surface area contributed by atoms with Crippen LogP contribution in [-0.4, -0.2) is 53.4 Å². The number of rotatable bonds is 5. The quantitative estimate of drug-likeness (QED) is 0.682. The van der Waals surface area contributed by atoms with E-state index in [1.807, 2.05) is 20.9 Å². The van der Waals surface area contributed by atoms with Crippen LogP contribution in [0, 0.1) is 12.8 Å². The summed E-state index contributed by atoms with van der Waals surface area (Å²) in [7, 11) is 1.98. The van der Waals surface area contributed by atoms with Crippen molar-refractivity contribution in [1.82, 2.24) is 20.2 Å². The van der Waals surface area contributed by atoms with Crippen LogP contribution in [0.2, 0.25) is 0 Å². The molecule has 1 saturated heterocycles. The van der Waals surface area contributed by atoms with Gasteiger partial charge in [-0.1, -0.05) is 6.92 Å². The second-order valence-corrected chi connectivity index (χ2v) is 5.67. The van der Waals surface area contributed by atoms with Crippen molar-refractivity contribution >= 4 is 11.8 Å². The molecule has 2 atom stereocenters. The van der Waals surface area contributed by atoms with Gasteiger partial charge in [-0.3, -0.25) is 9.59 Å². The monoisotopic (exact) mass is 293 g/mol. The molecule has 0 aliphatic carbocycles. The van der Waals surface area contributed by atoms with Gasteiger partial charge >= 0.3 is 0 Å². The zero-order valence-electron chi connectivity index (χ0n) is 12.8. The zero-order valence-corrected chi connectivity index (χ0v) is 12.8. The van der Waals surface area contributed by atoms with E-state index in [-0.39, 0.29) is 24.3 Å². The molecule has 7 nitrogen and oxygen atoms in total. The van der Waals surface area contributed by atoms with Gasteiger partial charge in [0.05, 0.1) is 18.2 Å². The van der Waals surface area contributed by atoms with Crippen LogP contribution in [-0.2, 0) is 16.0 Å². The second kappa shape index (κ2) is 6.26. The summed E-state index contributed by atoms with van der Waals surface area (Å²) in [6, 6.07) is 0. The number of nitrogens with one attached hydrogen (secondary N) is 2. The Kier molecular flexibility index (Phi) is 4.62. The number of amides is 2. The third-order valence-electron chi connectivity index (χ3n) is 3.93. The predicted molar refractivity (Wildman–Crippen MR) is 78.6 cm³/mol. The maximum absolute atomic E-state index is 12.3. The molecule has 1 aromatic heterocycles. The molecule has 1 aliphatic rings. The number of hydrogen-bond acceptors (Lipinski definition) is 4. The Hall–Kier alpha value is -1.89. The minimum Gasteiger partial charge on any atom is -0.368 e. The molecule has 7 heteroatoms. The van der Waals surface area contributed by atoms with E-state index in [9.17, 15) is 9.59 Å². The molecule has 4 N–H and O–H groups in total. The number of aromatic amines is 1. The van der Waals surface area contributed by atoms with Gasteiger partial charge in [0.2, 0.25) is 11.8 Å². The lowest BCUT2D eigenvalue weighted by Gasteiger charge is -2.16. The molecule has 1 aromatic rings. The topological polar surface area (TPSA) is 104 Å². The fraction of sp³-hybridized carbons (Fsp3) is 0.643. The molecule has 116 valence electrons. The molecule has 21 heavy (non-hydrogen) atoms. The van der Waals surface area contributed by atoms with Crippen LogP contribution in [0.5, 0.6) is 0 Å². The van der Waals surface area contributed by atoms with Crippen molar-refractivity contribution in [2.24, 2.45) is 11.7 Å². The van der Waals surface area contributed by atoms with Crippen molar-refractivity contribution in [1.29, 1.82) is 0 Å². The number of carbonyl (C=O) groups excluding carboxylic acids is 2. The second-order valence-electron chi connectivity index (χ2n) is 5.67. The minimum atomic E-state index is -0.532. The van der Waals surface area contributed by atoms with Crippen molar-refractivity contribution in [3.63, 3.8) is 0 Å². The number of nitrogens with two attached hydrogens (primary N) is 1. The molecular formula is C14H23N5O2. The Bertz CT molecular complexity index is 539. The van der Waals surface area contributed by atoms with Gasteiger partial charge in [-0.05, 0) is 14.0 Å². The van der Waals surface area contributed by atoms with E-state index >= 15 is 0 Å². The lowest BCUT2D eigenvalue weighted by Crippen LogP contribution is -2.39. The summed E-state index contributed by atoms with van der Waals surface area (Å²) in [4.78, 5) is 33.1. The van der Waals surface area contributed by atoms with Crippen molar-refractivity contribution in [2.45, 2.75) is 26.2 Å². The number of nitrogens with zero attached hydrogens (tertiary/aromatic N) is 2. The number of likely N-dealkylation sites (tertiary alicyclic amines) is 1. The molecule has 0 saturated carbocycles. The Balaban J connectivity index is 2.17. The van der Waals surface area contributed by atoms with Gasteiger partial charge in [0, 0.05) is 31.1 Å². The van der Waals surface area contributed by atoms with Gasteiger partial charge in [0.25, 0.3) is 0 Å². The normalized spacial score (nSPS) is 22.4. The summed E-state index contributed by atoms with van der Waals surface area (Å²) in [5, 5.41) is 2.61. The third kappa shape index (κ3) is 3.41. The standard InChI is InChI=1S/C14H23N5O2/c1-4-12-17-8(2)13(18-12)9-6-19(3)7-10(9)14(21)16-5-11(15)20/h9-10H,4-7H2,1-3H3,(H2,15,20)(H,16,21)(H,17,18)/t9-,10-/m0/s1. The van der Waals surface area contributed by atoms with Gasteiger partial charge < -0.3 is 20.9 Å². The Morgan fingerprint density at radius 1 is 1.48 bits per heavy atom. The summed E-state index contributed by atoms with van der Waals surface area (Å²) < 4.78 is 0. The fourth-order valence-corrected chi connectivity index (χ4v) is 2.91. The highest BCUT2D eigenvalue weighted by molar-refractivity contribution is 5.85. The molecule has 0 bridgehead atoms. The molecule has 2 amide bonds. The number of aryl methyl sites for hydroxylation is 2. The third-order valence-corrected chi connectivity index (χ3v) is 3.93. The summed E-state index contributed by atoms with van der Waals surface area (Å²) in [5.41, 5.74) is 7.04. The Morgan fingerprint density at radius 3 is 2.76 bits per heavy atom. The summed E-state index contributed by atoms with van der Waals surface area (Å²) >= 11 is 0. The maximum atomic E-state index is 12.3. The maximum Gasteiger partial charge on any atom is 0.236 e. The first-order valence-electron chi connectivity index (χ1n) is 7.22. The van der Waals surface area contributed by atoms with Crippen LogP contribution >= 0.6 is 0 Å². The van der Waals surface area contributed by atoms with E-state index in [0.717, 1.165) is 30.2 Å². The van der Waals surface area contributed by atoms with E-state index in [1.54, 1.807) is 0 Å². The molecule has 1 aliphatic heterocycles. The van der Waals surface area contributed by atoms with Gasteiger partial charge in [0.15, 0.2) is 0 Å². The highest BCUT2D eigenvalue weighted by atomic mass is 16.2. The Labute approximate surface area is 124 Å². The van der Waals surface area contributed by atoms with Crippen LogP contribution in [0.1, 0.15) is 30.1 Å². The van der Waals surface area contributed by atoms with Crippen molar-refractivity contribution in [2.75, 3.05) is 26.7 Å². The molecular weight excluding hydrogens is 270 g/mol. The molecule has 0 radical (unpaired) electrons. The number of likely N-dealkylation sites (N-methyl/N-ethyl adjacent to an activating group) is 1. The summed E-state index contributed by atoms with van der Waals surface area (Å²) in [5.74, 6) is 0.105. The van der Waals surface area contributed by atoms with Gasteiger partial charge in [0.1, 0.15) is 5.82 Å². The number of hydrogen-bond donors (Lipinski definition) is 3. The number of primary amides is 1. The van der Waals surface area contributed by atoms with E-state index < -0.39 is 5.91 Å². The predicted octanol–water partition coefficient (Wildman–Crippen LogP) is -0.473. The SMILES string of the molecule is CCc1nc([C@H]2CN(C)C[C@@H]2C(=O)NCC(N)=O)c(C)[nH]1. The largest absolute Gasteiger partial charge is 0.368 e. The van der Waals surface area contributed by atoms with E-state index in [0.29, 0.717) is 6.54 Å². The van der Waals surface area contributed by atoms with Crippen LogP contribution in [0.4, 0.5) is 0 Å². The van der Waals surface area contributed by atoms with Gasteiger partial charge in [-0.2, -0.15) is 0 Å². The van der Waals surface area contributed by atoms with Crippen molar-refractivity contribution in [3.8, 4) is 0 Å². The smallest absolute Gasteiger partial charge is 0.236 e. The average Bonchev–Trinajstić information content (AvgIpc) is 2.98. The number of carbonyl (C=O) groups is 2. The van der Waals surface area contributed by atoms with Gasteiger partial charge in [-0.25, -0.2) is 4.98 Å². The van der Waals surface area contributed by atoms with Gasteiger partial charge in [-0.15, -0.1) is 0 Å². The van der Waals surface area contributed by atoms with Crippen LogP contribution < -0.4 is 11.1 Å². The fourth-order valence-electron chi connectivity index (χ4n) is 2.91. The number of aromatic nitrogens is 2. The molecule has 2 heterocycles. The number of imidazole rings is 1. The lowest BCUT2D eigenvalue weighted by molar-refractivity contribution is -0.127. The minimum absolute atomic E-state index is 0.0411. The molecule has 1 fully saturated rings. The molecule has 0 unspecified atom stereocenters. The first-order chi connectivity index (χ1) is 9.92. The molecule has 2 rings (SSSR count). The summed E-state index contributed by atoms with van der Waals surface area (Å²) in [6.07, 6.45) is 0.835. The number of H-pyrrole nitrogens is 1. The lowest BCUT2D eigenvalue weighted by atomic mass is 9.91. The molecule has 0 spiro atoms. The zero-order chi connectivity index (χ0) is 15.6. The highest BCUT2D eigenvalue weighted by Crippen LogP contribution is 2.32. The van der Waals surface area contributed by atoms with Crippen molar-refractivity contribution in [3.05, 3.63) is 17.2 Å². The first-order valence-corrected chi connectivity index (χ1v) is 7.22.